The highest BCUT2D eigenvalue weighted by atomic mass is 28.4. The highest BCUT2D eigenvalue weighted by Gasteiger charge is 2.37. The number of aromatic amines is 1. The summed E-state index contributed by atoms with van der Waals surface area (Å²) in [5.74, 6) is 0. The van der Waals surface area contributed by atoms with Gasteiger partial charge in [-0.15, -0.1) is 0 Å². The number of amides is 1. The summed E-state index contributed by atoms with van der Waals surface area (Å²) in [4.78, 5) is 16.0. The van der Waals surface area contributed by atoms with Crippen LogP contribution in [0.1, 0.15) is 39.2 Å². The monoisotopic (exact) mass is 404 g/mol. The van der Waals surface area contributed by atoms with Crippen molar-refractivity contribution in [3.05, 3.63) is 29.4 Å². The predicted octanol–water partition coefficient (Wildman–Crippen LogP) is 4.11. The van der Waals surface area contributed by atoms with Gasteiger partial charge in [-0.3, -0.25) is 5.41 Å². The number of aromatic nitrogens is 2. The molecule has 0 unspecified atom stereocenters. The van der Waals surface area contributed by atoms with Gasteiger partial charge in [0.15, 0.2) is 13.9 Å². The number of benzene rings is 1. The zero-order valence-electron chi connectivity index (χ0n) is 17.5. The number of rotatable bonds is 5. The summed E-state index contributed by atoms with van der Waals surface area (Å²) in [7, 11) is -1.82. The zero-order valence-corrected chi connectivity index (χ0v) is 18.5. The Hall–Kier alpha value is -2.06. The van der Waals surface area contributed by atoms with Crippen molar-refractivity contribution in [2.45, 2.75) is 70.9 Å². The van der Waals surface area contributed by atoms with Crippen LogP contribution in [0.25, 0.3) is 11.0 Å². The molecule has 154 valence electrons. The molecule has 1 amide bonds. The lowest BCUT2D eigenvalue weighted by Gasteiger charge is -2.36. The van der Waals surface area contributed by atoms with Gasteiger partial charge in [-0.1, -0.05) is 26.8 Å². The van der Waals surface area contributed by atoms with E-state index in [1.54, 1.807) is 0 Å². The molecule has 2 heterocycles. The van der Waals surface area contributed by atoms with Gasteiger partial charge in [0.2, 0.25) is 0 Å². The van der Waals surface area contributed by atoms with E-state index in [0.29, 0.717) is 25.3 Å². The van der Waals surface area contributed by atoms with E-state index < -0.39 is 14.4 Å². The third kappa shape index (κ3) is 4.02. The number of carbonyl (C=O) groups is 1. The third-order valence-electron chi connectivity index (χ3n) is 6.30. The number of hydrogen-bond donors (Lipinski definition) is 3. The number of likely N-dealkylation sites (tertiary alicyclic amines) is 1. The summed E-state index contributed by atoms with van der Waals surface area (Å²) >= 11 is 0. The van der Waals surface area contributed by atoms with E-state index in [0.717, 1.165) is 29.4 Å². The van der Waals surface area contributed by atoms with Crippen LogP contribution in [-0.4, -0.2) is 46.6 Å². The Labute approximate surface area is 167 Å². The van der Waals surface area contributed by atoms with E-state index >= 15 is 0 Å². The smallest absolute Gasteiger partial charge is 0.407 e. The van der Waals surface area contributed by atoms with Gasteiger partial charge in [0.25, 0.3) is 0 Å². The molecule has 0 spiro atoms. The van der Waals surface area contributed by atoms with Crippen LogP contribution in [0.3, 0.4) is 0 Å². The molecule has 1 atom stereocenters. The molecule has 1 aliphatic rings. The molecule has 0 saturated carbocycles. The fourth-order valence-corrected chi connectivity index (χ4v) is 4.44. The van der Waals surface area contributed by atoms with Crippen molar-refractivity contribution in [3.63, 3.8) is 0 Å². The van der Waals surface area contributed by atoms with Crippen molar-refractivity contribution in [3.8, 4) is 0 Å². The maximum atomic E-state index is 11.4. The Balaban J connectivity index is 1.80. The van der Waals surface area contributed by atoms with Crippen LogP contribution >= 0.6 is 0 Å². The Bertz CT molecular complexity index is 926. The number of hydrogen-bond acceptors (Lipinski definition) is 3. The normalized spacial score (nSPS) is 18.2. The molecule has 1 fully saturated rings. The van der Waals surface area contributed by atoms with Crippen molar-refractivity contribution >= 4 is 25.4 Å². The van der Waals surface area contributed by atoms with Crippen molar-refractivity contribution in [1.82, 2.24) is 14.5 Å². The average molecular weight is 405 g/mol. The van der Waals surface area contributed by atoms with Crippen molar-refractivity contribution in [2.75, 3.05) is 6.54 Å². The highest BCUT2D eigenvalue weighted by Crippen LogP contribution is 2.37. The molecule has 7 nitrogen and oxygen atoms in total. The fraction of sp³-hybridized carbons (Fsp3) is 0.600. The lowest BCUT2D eigenvalue weighted by Crippen LogP contribution is -2.40. The second kappa shape index (κ2) is 7.40. The van der Waals surface area contributed by atoms with Gasteiger partial charge in [-0.25, -0.2) is 4.79 Å². The van der Waals surface area contributed by atoms with Crippen molar-refractivity contribution in [1.29, 1.82) is 5.41 Å². The van der Waals surface area contributed by atoms with E-state index in [-0.39, 0.29) is 11.1 Å². The minimum absolute atomic E-state index is 0.0767. The van der Waals surface area contributed by atoms with E-state index in [2.05, 4.69) is 38.8 Å². The first-order valence-electron chi connectivity index (χ1n) is 9.89. The fourth-order valence-electron chi connectivity index (χ4n) is 3.48. The van der Waals surface area contributed by atoms with Crippen molar-refractivity contribution in [2.24, 2.45) is 0 Å². The molecule has 0 aliphatic carbocycles. The molecule has 1 saturated heterocycles. The summed E-state index contributed by atoms with van der Waals surface area (Å²) in [6.45, 7) is 12.8. The first kappa shape index (κ1) is 20.7. The maximum absolute atomic E-state index is 11.4. The molecule has 0 radical (unpaired) electrons. The summed E-state index contributed by atoms with van der Waals surface area (Å²) in [5, 5.41) is 17.8. The van der Waals surface area contributed by atoms with Crippen LogP contribution in [0.15, 0.2) is 18.2 Å². The van der Waals surface area contributed by atoms with E-state index in [1.807, 2.05) is 22.8 Å². The highest BCUT2D eigenvalue weighted by molar-refractivity contribution is 6.74. The number of carboxylic acid groups (broad SMARTS) is 1. The van der Waals surface area contributed by atoms with Gasteiger partial charge in [-0.2, -0.15) is 0 Å². The Morgan fingerprint density at radius 3 is 2.75 bits per heavy atom. The van der Waals surface area contributed by atoms with Crippen LogP contribution in [0, 0.1) is 5.41 Å². The quantitative estimate of drug-likeness (QED) is 0.655. The molecule has 3 rings (SSSR count). The standard InChI is InChI=1S/C20H32N4O3Si/c1-20(2,3)28(4,5)27-13-14-8-9-17-16(11-14)22-18(21)24(17)12-15-7-6-10-23(15)19(25)26/h8-9,11,15H,6-7,10,12-13H2,1-5H3,(H2,21,22)(H,25,26)/t15-/m1/s1. The second-order valence-electron chi connectivity index (χ2n) is 9.26. The number of imidazole rings is 1. The van der Waals surface area contributed by atoms with Gasteiger partial charge in [-0.05, 0) is 48.7 Å². The lowest BCUT2D eigenvalue weighted by molar-refractivity contribution is 0.136. The molecule has 0 bridgehead atoms. The zero-order chi connectivity index (χ0) is 20.7. The third-order valence-corrected chi connectivity index (χ3v) is 10.8. The van der Waals surface area contributed by atoms with Crippen molar-refractivity contribution < 1.29 is 14.3 Å². The summed E-state index contributed by atoms with van der Waals surface area (Å²) in [6.07, 6.45) is 0.839. The summed E-state index contributed by atoms with van der Waals surface area (Å²) in [5.41, 5.74) is 3.20. The Kier molecular flexibility index (Phi) is 5.46. The molecule has 1 aromatic carbocycles. The number of H-pyrrole nitrogens is 1. The first-order valence-corrected chi connectivity index (χ1v) is 12.8. The van der Waals surface area contributed by atoms with Gasteiger partial charge < -0.3 is 24.0 Å². The largest absolute Gasteiger partial charge is 0.465 e. The summed E-state index contributed by atoms with van der Waals surface area (Å²) < 4.78 is 8.19. The van der Waals surface area contributed by atoms with Gasteiger partial charge in [0.05, 0.1) is 23.7 Å². The molecular weight excluding hydrogens is 372 g/mol. The van der Waals surface area contributed by atoms with Crippen LogP contribution in [0.5, 0.6) is 0 Å². The van der Waals surface area contributed by atoms with Crippen LogP contribution in [0.4, 0.5) is 4.79 Å². The average Bonchev–Trinajstić information content (AvgIpc) is 3.17. The molecule has 2 aromatic rings. The number of nitrogens with one attached hydrogen (secondary N) is 2. The predicted molar refractivity (Wildman–Crippen MR) is 112 cm³/mol. The minimum Gasteiger partial charge on any atom is -0.465 e. The molecular formula is C20H32N4O3Si. The number of nitrogens with zero attached hydrogens (tertiary/aromatic N) is 2. The lowest BCUT2D eigenvalue weighted by atomic mass is 10.2. The summed E-state index contributed by atoms with van der Waals surface area (Å²) in [6, 6.07) is 6.02. The Morgan fingerprint density at radius 1 is 1.39 bits per heavy atom. The molecule has 3 N–H and O–H groups in total. The van der Waals surface area contributed by atoms with E-state index in [1.165, 1.54) is 4.90 Å². The van der Waals surface area contributed by atoms with Crippen LogP contribution in [0.2, 0.25) is 18.1 Å². The van der Waals surface area contributed by atoms with Crippen LogP contribution in [-0.2, 0) is 17.6 Å². The molecule has 28 heavy (non-hydrogen) atoms. The SMILES string of the molecule is CC(C)(C)[Si](C)(C)OCc1ccc2c(c1)[nH]c(=N)n2C[C@H]1CCCN1C(=O)O. The van der Waals surface area contributed by atoms with Gasteiger partial charge in [0.1, 0.15) is 0 Å². The Morgan fingerprint density at radius 2 is 2.11 bits per heavy atom. The second-order valence-corrected chi connectivity index (χ2v) is 14.1. The molecule has 1 aliphatic heterocycles. The molecule has 8 heteroatoms. The minimum atomic E-state index is -1.82. The van der Waals surface area contributed by atoms with Gasteiger partial charge in [0, 0.05) is 13.1 Å². The first-order chi connectivity index (χ1) is 13.0. The van der Waals surface area contributed by atoms with Crippen LogP contribution < -0.4 is 5.62 Å². The topological polar surface area (TPSA) is 94.3 Å². The van der Waals surface area contributed by atoms with E-state index in [9.17, 15) is 9.90 Å². The maximum Gasteiger partial charge on any atom is 0.407 e. The number of fused-ring (bicyclic) bond motifs is 1. The van der Waals surface area contributed by atoms with E-state index in [4.69, 9.17) is 9.84 Å². The molecule has 1 aromatic heterocycles. The van der Waals surface area contributed by atoms with Gasteiger partial charge >= 0.3 is 6.09 Å².